The van der Waals surface area contributed by atoms with Gasteiger partial charge in [-0.1, -0.05) is 30.8 Å². The fraction of sp³-hybridized carbons (Fsp3) is 0.118. The van der Waals surface area contributed by atoms with Crippen LogP contribution in [0.5, 0.6) is 0 Å². The van der Waals surface area contributed by atoms with Crippen LogP contribution in [0, 0.1) is 0 Å². The van der Waals surface area contributed by atoms with Crippen molar-refractivity contribution in [2.75, 3.05) is 0 Å². The van der Waals surface area contributed by atoms with Crippen molar-refractivity contribution >= 4 is 16.9 Å². The van der Waals surface area contributed by atoms with Gasteiger partial charge in [0.05, 0.1) is 5.69 Å². The molecule has 0 bridgehead atoms. The van der Waals surface area contributed by atoms with Crippen LogP contribution in [0.4, 0.5) is 0 Å². The fourth-order valence-electron chi connectivity index (χ4n) is 2.26. The summed E-state index contributed by atoms with van der Waals surface area (Å²) in [7, 11) is 0. The Morgan fingerprint density at radius 3 is 2.26 bits per heavy atom. The van der Waals surface area contributed by atoms with Gasteiger partial charge < -0.3 is 10.4 Å². The molecule has 6 heteroatoms. The second-order valence-electron chi connectivity index (χ2n) is 5.29. The van der Waals surface area contributed by atoms with Gasteiger partial charge in [0, 0.05) is 5.56 Å². The van der Waals surface area contributed by atoms with Gasteiger partial charge in [-0.3, -0.25) is 4.79 Å². The van der Waals surface area contributed by atoms with Crippen LogP contribution in [-0.4, -0.2) is 26.0 Å². The number of fused-ring (bicyclic) bond motifs is 1. The number of nitrogens with one attached hydrogen (secondary N) is 1. The number of rotatable bonds is 4. The maximum atomic E-state index is 11.4. The largest absolute Gasteiger partial charge is 0.367 e. The Morgan fingerprint density at radius 1 is 1.17 bits per heavy atom. The molecule has 2 aromatic carbocycles. The number of benzene rings is 2. The van der Waals surface area contributed by atoms with Gasteiger partial charge >= 0.3 is 0 Å². The van der Waals surface area contributed by atoms with E-state index in [0.29, 0.717) is 5.56 Å². The van der Waals surface area contributed by atoms with Gasteiger partial charge in [-0.05, 0) is 37.3 Å². The highest BCUT2D eigenvalue weighted by Crippen LogP contribution is 2.20. The van der Waals surface area contributed by atoms with Gasteiger partial charge in [0.2, 0.25) is 5.91 Å². The van der Waals surface area contributed by atoms with Crippen molar-refractivity contribution in [2.45, 2.75) is 12.6 Å². The quantitative estimate of drug-likeness (QED) is 0.570. The predicted octanol–water partition coefficient (Wildman–Crippen LogP) is 1.89. The molecule has 0 aliphatic heterocycles. The molecule has 116 valence electrons. The lowest BCUT2D eigenvalue weighted by atomic mass is 10.0. The number of aliphatic hydroxyl groups is 1. The number of carbonyl (C=O) groups excluding carboxylic acids is 1. The molecule has 3 aromatic rings. The summed E-state index contributed by atoms with van der Waals surface area (Å²) in [6, 6.07) is 14.6. The summed E-state index contributed by atoms with van der Waals surface area (Å²) in [6.45, 7) is 4.87. The van der Waals surface area contributed by atoms with Gasteiger partial charge in [-0.2, -0.15) is 4.80 Å². The summed E-state index contributed by atoms with van der Waals surface area (Å²) in [4.78, 5) is 12.9. The molecule has 2 N–H and O–H groups in total. The van der Waals surface area contributed by atoms with Crippen LogP contribution in [0.15, 0.2) is 61.2 Å². The molecule has 1 heterocycles. The molecule has 0 aliphatic carbocycles. The van der Waals surface area contributed by atoms with Crippen LogP contribution < -0.4 is 5.32 Å². The lowest BCUT2D eigenvalue weighted by molar-refractivity contribution is -0.123. The second-order valence-corrected chi connectivity index (χ2v) is 5.29. The molecule has 1 atom stereocenters. The Kier molecular flexibility index (Phi) is 3.67. The molecule has 0 spiro atoms. The van der Waals surface area contributed by atoms with E-state index >= 15 is 0 Å². The monoisotopic (exact) mass is 308 g/mol. The topological polar surface area (TPSA) is 80.0 Å². The molecule has 6 nitrogen and oxygen atoms in total. The summed E-state index contributed by atoms with van der Waals surface area (Å²) in [6.07, 6.45) is 1.11. The van der Waals surface area contributed by atoms with Crippen LogP contribution in [0.3, 0.4) is 0 Å². The van der Waals surface area contributed by atoms with Crippen LogP contribution in [-0.2, 0) is 10.5 Å². The summed E-state index contributed by atoms with van der Waals surface area (Å²) in [5.74, 6) is -0.445. The molecular weight excluding hydrogens is 292 g/mol. The van der Waals surface area contributed by atoms with Gasteiger partial charge in [0.1, 0.15) is 11.0 Å². The summed E-state index contributed by atoms with van der Waals surface area (Å²) in [5.41, 5.74) is 1.44. The zero-order valence-electron chi connectivity index (χ0n) is 12.6. The molecule has 1 amide bonds. The maximum absolute atomic E-state index is 11.4. The summed E-state index contributed by atoms with van der Waals surface area (Å²) < 4.78 is 0. The number of nitrogens with zero attached hydrogens (tertiary/aromatic N) is 3. The smallest absolute Gasteiger partial charge is 0.245 e. The lowest BCUT2D eigenvalue weighted by Crippen LogP contribution is -2.42. The van der Waals surface area contributed by atoms with Crippen molar-refractivity contribution in [3.8, 4) is 5.69 Å². The molecule has 23 heavy (non-hydrogen) atoms. The van der Waals surface area contributed by atoms with Crippen LogP contribution in [0.1, 0.15) is 12.5 Å². The second kappa shape index (κ2) is 5.66. The molecule has 0 saturated carbocycles. The first-order valence-corrected chi connectivity index (χ1v) is 7.09. The Labute approximate surface area is 133 Å². The number of hydrogen-bond acceptors (Lipinski definition) is 4. The van der Waals surface area contributed by atoms with Gasteiger partial charge in [0.25, 0.3) is 0 Å². The van der Waals surface area contributed by atoms with E-state index < -0.39 is 11.6 Å². The summed E-state index contributed by atoms with van der Waals surface area (Å²) >= 11 is 0. The minimum absolute atomic E-state index is 0.445. The van der Waals surface area contributed by atoms with Crippen molar-refractivity contribution < 1.29 is 9.90 Å². The normalized spacial score (nSPS) is 13.5. The van der Waals surface area contributed by atoms with E-state index in [9.17, 15) is 9.90 Å². The van der Waals surface area contributed by atoms with Crippen molar-refractivity contribution in [1.82, 2.24) is 20.3 Å². The van der Waals surface area contributed by atoms with E-state index in [1.165, 1.54) is 11.7 Å². The SMILES string of the molecule is C=CC(=O)NC(C)(O)c1ccc(-n2nc3ccccc3n2)cc1. The Hall–Kier alpha value is -2.99. The first-order chi connectivity index (χ1) is 11.0. The molecular formula is C17H16N4O2. The molecule has 0 saturated heterocycles. The fourth-order valence-corrected chi connectivity index (χ4v) is 2.26. The van der Waals surface area contributed by atoms with Crippen molar-refractivity contribution in [3.63, 3.8) is 0 Å². The lowest BCUT2D eigenvalue weighted by Gasteiger charge is -2.24. The maximum Gasteiger partial charge on any atom is 0.245 e. The average Bonchev–Trinajstić information content (AvgIpc) is 2.98. The van der Waals surface area contributed by atoms with E-state index in [1.807, 2.05) is 24.3 Å². The third kappa shape index (κ3) is 2.97. The summed E-state index contributed by atoms with van der Waals surface area (Å²) in [5, 5.41) is 21.6. The Morgan fingerprint density at radius 2 is 1.74 bits per heavy atom. The minimum Gasteiger partial charge on any atom is -0.367 e. The van der Waals surface area contributed by atoms with Crippen LogP contribution >= 0.6 is 0 Å². The zero-order valence-corrected chi connectivity index (χ0v) is 12.6. The first-order valence-electron chi connectivity index (χ1n) is 7.09. The molecule has 0 fully saturated rings. The van der Waals surface area contributed by atoms with Gasteiger partial charge in [0.15, 0.2) is 5.72 Å². The van der Waals surface area contributed by atoms with Crippen molar-refractivity contribution in [2.24, 2.45) is 0 Å². The number of aromatic nitrogens is 3. The zero-order chi connectivity index (χ0) is 16.4. The number of hydrogen-bond donors (Lipinski definition) is 2. The van der Waals surface area contributed by atoms with Crippen molar-refractivity contribution in [1.29, 1.82) is 0 Å². The molecule has 0 aliphatic rings. The Balaban J connectivity index is 1.89. The van der Waals surface area contributed by atoms with E-state index in [0.717, 1.165) is 22.8 Å². The number of amides is 1. The van der Waals surface area contributed by atoms with E-state index in [2.05, 4.69) is 22.1 Å². The Bertz CT molecular complexity index is 833. The van der Waals surface area contributed by atoms with Crippen molar-refractivity contribution in [3.05, 3.63) is 66.7 Å². The molecule has 0 radical (unpaired) electrons. The molecule has 3 rings (SSSR count). The van der Waals surface area contributed by atoms with E-state index in [4.69, 9.17) is 0 Å². The molecule has 1 unspecified atom stereocenters. The average molecular weight is 308 g/mol. The molecule has 1 aromatic heterocycles. The third-order valence-electron chi connectivity index (χ3n) is 3.50. The van der Waals surface area contributed by atoms with Crippen LogP contribution in [0.2, 0.25) is 0 Å². The highest BCUT2D eigenvalue weighted by molar-refractivity contribution is 5.87. The van der Waals surface area contributed by atoms with Crippen LogP contribution in [0.25, 0.3) is 16.7 Å². The number of carbonyl (C=O) groups is 1. The van der Waals surface area contributed by atoms with Gasteiger partial charge in [-0.15, -0.1) is 10.2 Å². The van der Waals surface area contributed by atoms with Gasteiger partial charge in [-0.25, -0.2) is 0 Å². The van der Waals surface area contributed by atoms with E-state index in [1.54, 1.807) is 24.3 Å². The predicted molar refractivity (Wildman–Crippen MR) is 86.8 cm³/mol. The minimum atomic E-state index is -1.48. The first kappa shape index (κ1) is 14.9. The van der Waals surface area contributed by atoms with E-state index in [-0.39, 0.29) is 0 Å². The standard InChI is InChI=1S/C17H16N4O2/c1-3-16(22)18-17(2,23)12-8-10-13(11-9-12)21-19-14-6-4-5-7-15(14)20-21/h3-11,23H,1H2,2H3,(H,18,22). The third-order valence-corrected chi connectivity index (χ3v) is 3.50. The highest BCUT2D eigenvalue weighted by atomic mass is 16.3. The highest BCUT2D eigenvalue weighted by Gasteiger charge is 2.24.